The summed E-state index contributed by atoms with van der Waals surface area (Å²) in [4.78, 5) is 53.3. The Morgan fingerprint density at radius 3 is 2.35 bits per heavy atom. The smallest absolute Gasteiger partial charge is 0.408 e. The van der Waals surface area contributed by atoms with E-state index in [4.69, 9.17) is 4.74 Å². The molecule has 0 aliphatic heterocycles. The molecule has 1 rings (SSSR count). The largest absolute Gasteiger partial charge is 0.508 e. The van der Waals surface area contributed by atoms with Crippen molar-refractivity contribution in [3.8, 4) is 5.75 Å². The van der Waals surface area contributed by atoms with E-state index in [1.54, 1.807) is 39.8 Å². The quantitative estimate of drug-likeness (QED) is 0.345. The third kappa shape index (κ3) is 10.1. The number of nitrogens with one attached hydrogen (secondary N) is 2. The molecule has 3 amide bonds. The van der Waals surface area contributed by atoms with Crippen molar-refractivity contribution in [3.05, 3.63) is 29.3 Å². The molecular formula is C26H41N3O7S. The van der Waals surface area contributed by atoms with Crippen LogP contribution in [0, 0.1) is 6.92 Å². The number of benzene rings is 1. The van der Waals surface area contributed by atoms with Crippen molar-refractivity contribution in [1.82, 2.24) is 15.5 Å². The molecule has 208 valence electrons. The van der Waals surface area contributed by atoms with Gasteiger partial charge in [-0.1, -0.05) is 13.0 Å². The van der Waals surface area contributed by atoms with Crippen LogP contribution in [0.4, 0.5) is 4.79 Å². The highest BCUT2D eigenvalue weighted by Crippen LogP contribution is 2.29. The Labute approximate surface area is 223 Å². The average Bonchev–Trinajstić information content (AvgIpc) is 2.83. The van der Waals surface area contributed by atoms with Gasteiger partial charge in [0.2, 0.25) is 11.8 Å². The predicted molar refractivity (Wildman–Crippen MR) is 143 cm³/mol. The topological polar surface area (TPSA) is 134 Å². The summed E-state index contributed by atoms with van der Waals surface area (Å²) < 4.78 is 10.0. The van der Waals surface area contributed by atoms with E-state index in [0.29, 0.717) is 29.7 Å². The van der Waals surface area contributed by atoms with Gasteiger partial charge in [-0.25, -0.2) is 4.79 Å². The maximum atomic E-state index is 14.0. The van der Waals surface area contributed by atoms with Crippen LogP contribution >= 0.6 is 11.8 Å². The van der Waals surface area contributed by atoms with Gasteiger partial charge in [-0.2, -0.15) is 11.8 Å². The number of phenols is 1. The van der Waals surface area contributed by atoms with E-state index in [0.717, 1.165) is 0 Å². The number of thioether (sulfide) groups is 1. The first-order valence-electron chi connectivity index (χ1n) is 12.2. The van der Waals surface area contributed by atoms with Gasteiger partial charge in [0.05, 0.1) is 7.11 Å². The summed E-state index contributed by atoms with van der Waals surface area (Å²) in [5.41, 5.74) is 0.214. The Kier molecular flexibility index (Phi) is 12.7. The maximum Gasteiger partial charge on any atom is 0.408 e. The van der Waals surface area contributed by atoms with Gasteiger partial charge in [-0.05, 0) is 82.7 Å². The van der Waals surface area contributed by atoms with Crippen molar-refractivity contribution >= 4 is 35.6 Å². The van der Waals surface area contributed by atoms with Gasteiger partial charge in [0.25, 0.3) is 0 Å². The molecule has 37 heavy (non-hydrogen) atoms. The second-order valence-electron chi connectivity index (χ2n) is 9.73. The number of aryl methyl sites for hydroxylation is 1. The Morgan fingerprint density at radius 1 is 1.19 bits per heavy atom. The Balaban J connectivity index is 3.54. The lowest BCUT2D eigenvalue weighted by Crippen LogP contribution is -2.55. The number of carbonyl (C=O) groups is 4. The van der Waals surface area contributed by atoms with E-state index in [-0.39, 0.29) is 12.3 Å². The number of phenolic OH excluding ortho intramolecular Hbond substituents is 1. The molecule has 3 N–H and O–H groups in total. The fourth-order valence-corrected chi connectivity index (χ4v) is 4.01. The van der Waals surface area contributed by atoms with E-state index in [1.807, 2.05) is 20.1 Å². The lowest BCUT2D eigenvalue weighted by atomic mass is 9.97. The molecule has 0 heterocycles. The lowest BCUT2D eigenvalue weighted by molar-refractivity contribution is -0.146. The number of hydrogen-bond donors (Lipinski definition) is 3. The van der Waals surface area contributed by atoms with Crippen LogP contribution in [-0.4, -0.2) is 77.2 Å². The minimum atomic E-state index is -1.14. The molecule has 0 bridgehead atoms. The molecule has 11 heteroatoms. The molecule has 0 aliphatic carbocycles. The second kappa shape index (κ2) is 14.7. The van der Waals surface area contributed by atoms with Crippen molar-refractivity contribution in [3.63, 3.8) is 0 Å². The first kappa shape index (κ1) is 32.1. The van der Waals surface area contributed by atoms with E-state index in [9.17, 15) is 24.3 Å². The number of alkyl carbamates (subject to hydrolysis) is 1. The Morgan fingerprint density at radius 2 is 1.84 bits per heavy atom. The summed E-state index contributed by atoms with van der Waals surface area (Å²) in [6, 6.07) is 2.14. The van der Waals surface area contributed by atoms with E-state index in [2.05, 4.69) is 15.4 Å². The SMILES string of the molecule is CCC(C)N(C(=O)C(CCSC)NC(=O)OC(C)(C)C)C(C(=O)NCC(=O)OC)c1ccc(O)c(C)c1. The predicted octanol–water partition coefficient (Wildman–Crippen LogP) is 3.30. The standard InChI is InChI=1S/C26H41N3O7S/c1-9-17(3)29(24(33)19(12-13-37-8)28-25(34)36-26(4,5)6)22(23(32)27-15-21(31)35-7)18-10-11-20(30)16(2)14-18/h10-11,14,17,19,22,30H,9,12-13,15H2,1-8H3,(H,27,32)(H,28,34). The van der Waals surface area contributed by atoms with Crippen molar-refractivity contribution < 1.29 is 33.8 Å². The summed E-state index contributed by atoms with van der Waals surface area (Å²) in [7, 11) is 1.21. The van der Waals surface area contributed by atoms with Gasteiger partial charge < -0.3 is 30.1 Å². The molecule has 0 aromatic heterocycles. The molecular weight excluding hydrogens is 498 g/mol. The molecule has 0 saturated carbocycles. The minimum absolute atomic E-state index is 0.0447. The zero-order valence-corrected chi connectivity index (χ0v) is 23.9. The molecule has 3 atom stereocenters. The number of aromatic hydroxyl groups is 1. The normalized spacial score (nSPS) is 13.6. The minimum Gasteiger partial charge on any atom is -0.508 e. The first-order chi connectivity index (χ1) is 17.2. The molecule has 0 aliphatic rings. The fourth-order valence-electron chi connectivity index (χ4n) is 3.53. The van der Waals surface area contributed by atoms with Crippen LogP contribution in [0.2, 0.25) is 0 Å². The number of esters is 1. The van der Waals surface area contributed by atoms with Crippen molar-refractivity contribution in [2.45, 2.75) is 78.1 Å². The molecule has 3 unspecified atom stereocenters. The van der Waals surface area contributed by atoms with Crippen molar-refractivity contribution in [2.24, 2.45) is 0 Å². The van der Waals surface area contributed by atoms with Crippen LogP contribution in [-0.2, 0) is 23.9 Å². The van der Waals surface area contributed by atoms with Gasteiger partial charge in [-0.3, -0.25) is 14.4 Å². The van der Waals surface area contributed by atoms with Gasteiger partial charge in [0, 0.05) is 6.04 Å². The average molecular weight is 540 g/mol. The summed E-state index contributed by atoms with van der Waals surface area (Å²) in [5, 5.41) is 15.3. The molecule has 0 radical (unpaired) electrons. The molecule has 0 fully saturated rings. The number of carbonyl (C=O) groups excluding carboxylic acids is 4. The summed E-state index contributed by atoms with van der Waals surface area (Å²) in [6.07, 6.45) is 2.00. The van der Waals surface area contributed by atoms with E-state index >= 15 is 0 Å². The highest BCUT2D eigenvalue weighted by Gasteiger charge is 2.38. The van der Waals surface area contributed by atoms with Crippen LogP contribution in [0.1, 0.15) is 64.6 Å². The van der Waals surface area contributed by atoms with Crippen LogP contribution in [0.5, 0.6) is 5.75 Å². The maximum absolute atomic E-state index is 14.0. The third-order valence-corrected chi connectivity index (χ3v) is 6.26. The lowest BCUT2D eigenvalue weighted by Gasteiger charge is -2.38. The third-order valence-electron chi connectivity index (χ3n) is 5.62. The van der Waals surface area contributed by atoms with Gasteiger partial charge in [0.1, 0.15) is 30.0 Å². The number of hydrogen-bond acceptors (Lipinski definition) is 8. The summed E-state index contributed by atoms with van der Waals surface area (Å²) in [5.74, 6) is -1.07. The van der Waals surface area contributed by atoms with Gasteiger partial charge in [-0.15, -0.1) is 0 Å². The van der Waals surface area contributed by atoms with Crippen molar-refractivity contribution in [1.29, 1.82) is 0 Å². The zero-order valence-electron chi connectivity index (χ0n) is 23.0. The van der Waals surface area contributed by atoms with E-state index < -0.39 is 47.6 Å². The Hall–Kier alpha value is -2.95. The molecule has 0 spiro atoms. The summed E-state index contributed by atoms with van der Waals surface area (Å²) >= 11 is 1.52. The number of methoxy groups -OCH3 is 1. The molecule has 10 nitrogen and oxygen atoms in total. The van der Waals surface area contributed by atoms with Crippen LogP contribution in [0.3, 0.4) is 0 Å². The van der Waals surface area contributed by atoms with Gasteiger partial charge in [0.15, 0.2) is 0 Å². The van der Waals surface area contributed by atoms with Crippen LogP contribution in [0.25, 0.3) is 0 Å². The van der Waals surface area contributed by atoms with Crippen molar-refractivity contribution in [2.75, 3.05) is 25.7 Å². The van der Waals surface area contributed by atoms with Gasteiger partial charge >= 0.3 is 12.1 Å². The monoisotopic (exact) mass is 539 g/mol. The molecule has 0 saturated heterocycles. The molecule has 1 aromatic rings. The highest BCUT2D eigenvalue weighted by molar-refractivity contribution is 7.98. The fraction of sp³-hybridized carbons (Fsp3) is 0.615. The number of amides is 3. The molecule has 1 aromatic carbocycles. The summed E-state index contributed by atoms with van der Waals surface area (Å²) in [6.45, 7) is 10.2. The zero-order chi connectivity index (χ0) is 28.3. The van der Waals surface area contributed by atoms with E-state index in [1.165, 1.54) is 29.8 Å². The second-order valence-corrected chi connectivity index (χ2v) is 10.7. The first-order valence-corrected chi connectivity index (χ1v) is 13.6. The number of rotatable bonds is 12. The number of nitrogens with zero attached hydrogens (tertiary/aromatic N) is 1. The highest BCUT2D eigenvalue weighted by atomic mass is 32.2. The van der Waals surface area contributed by atoms with Crippen LogP contribution in [0.15, 0.2) is 18.2 Å². The van der Waals surface area contributed by atoms with Crippen LogP contribution < -0.4 is 10.6 Å². The Bertz CT molecular complexity index is 949. The number of ether oxygens (including phenoxy) is 2.